The van der Waals surface area contributed by atoms with Crippen molar-refractivity contribution in [2.75, 3.05) is 38.2 Å². The van der Waals surface area contributed by atoms with E-state index in [2.05, 4.69) is 29.9 Å². The van der Waals surface area contributed by atoms with E-state index in [4.69, 9.17) is 13.7 Å². The second-order valence-electron chi connectivity index (χ2n) is 5.65. The molecule has 0 saturated carbocycles. The van der Waals surface area contributed by atoms with Crippen LogP contribution in [-0.2, 0) is 6.54 Å². The van der Waals surface area contributed by atoms with Gasteiger partial charge in [0.15, 0.2) is 5.76 Å². The fourth-order valence-corrected chi connectivity index (χ4v) is 2.72. The van der Waals surface area contributed by atoms with Crippen LogP contribution in [0, 0.1) is 0 Å². The van der Waals surface area contributed by atoms with Gasteiger partial charge in [0.05, 0.1) is 19.9 Å². The molecule has 4 heterocycles. The van der Waals surface area contributed by atoms with Crippen molar-refractivity contribution >= 4 is 5.95 Å². The molecule has 9 nitrogen and oxygen atoms in total. The molecule has 0 atom stereocenters. The van der Waals surface area contributed by atoms with E-state index >= 15 is 0 Å². The smallest absolute Gasteiger partial charge is 0.241 e. The SMILES string of the molecule is COc1ccnc(N2CCN(Cc3nc(-c4ccco4)no3)CC2)n1. The van der Waals surface area contributed by atoms with Crippen LogP contribution in [0.4, 0.5) is 5.95 Å². The summed E-state index contributed by atoms with van der Waals surface area (Å²) in [7, 11) is 1.60. The van der Waals surface area contributed by atoms with Crippen molar-refractivity contribution in [3.05, 3.63) is 36.5 Å². The van der Waals surface area contributed by atoms with Crippen molar-refractivity contribution in [2.45, 2.75) is 6.54 Å². The molecule has 0 bridgehead atoms. The van der Waals surface area contributed by atoms with Gasteiger partial charge in [-0.05, 0) is 12.1 Å². The number of anilines is 1. The number of nitrogens with zero attached hydrogens (tertiary/aromatic N) is 6. The van der Waals surface area contributed by atoms with Gasteiger partial charge in [-0.3, -0.25) is 4.90 Å². The van der Waals surface area contributed by atoms with Gasteiger partial charge >= 0.3 is 0 Å². The fourth-order valence-electron chi connectivity index (χ4n) is 2.72. The number of hydrogen-bond donors (Lipinski definition) is 0. The topological polar surface area (TPSA) is 93.6 Å². The van der Waals surface area contributed by atoms with E-state index in [0.29, 0.717) is 35.8 Å². The second-order valence-corrected chi connectivity index (χ2v) is 5.65. The third-order valence-electron chi connectivity index (χ3n) is 4.05. The lowest BCUT2D eigenvalue weighted by Crippen LogP contribution is -2.46. The van der Waals surface area contributed by atoms with Crippen molar-refractivity contribution in [3.63, 3.8) is 0 Å². The largest absolute Gasteiger partial charge is 0.481 e. The Morgan fingerprint density at radius 3 is 2.80 bits per heavy atom. The predicted octanol–water partition coefficient (Wildman–Crippen LogP) is 1.45. The molecule has 4 rings (SSSR count). The minimum atomic E-state index is 0.475. The molecule has 1 saturated heterocycles. The van der Waals surface area contributed by atoms with Gasteiger partial charge in [-0.15, -0.1) is 0 Å². The summed E-state index contributed by atoms with van der Waals surface area (Å²) < 4.78 is 15.7. The molecule has 130 valence electrons. The van der Waals surface area contributed by atoms with Gasteiger partial charge in [0.25, 0.3) is 0 Å². The second kappa shape index (κ2) is 6.89. The van der Waals surface area contributed by atoms with Gasteiger partial charge in [-0.25, -0.2) is 4.98 Å². The van der Waals surface area contributed by atoms with E-state index < -0.39 is 0 Å². The van der Waals surface area contributed by atoms with E-state index in [1.54, 1.807) is 31.7 Å². The summed E-state index contributed by atoms with van der Waals surface area (Å²) in [5.41, 5.74) is 0. The zero-order chi connectivity index (χ0) is 17.1. The van der Waals surface area contributed by atoms with E-state index in [-0.39, 0.29) is 0 Å². The maximum absolute atomic E-state index is 5.32. The van der Waals surface area contributed by atoms with Crippen LogP contribution in [0.3, 0.4) is 0 Å². The van der Waals surface area contributed by atoms with E-state index in [1.165, 1.54) is 0 Å². The Balaban J connectivity index is 1.34. The zero-order valence-corrected chi connectivity index (χ0v) is 13.8. The summed E-state index contributed by atoms with van der Waals surface area (Å²) >= 11 is 0. The third-order valence-corrected chi connectivity index (χ3v) is 4.05. The highest BCUT2D eigenvalue weighted by Crippen LogP contribution is 2.18. The van der Waals surface area contributed by atoms with Gasteiger partial charge in [0.1, 0.15) is 0 Å². The number of methoxy groups -OCH3 is 1. The molecule has 0 spiro atoms. The van der Waals surface area contributed by atoms with Gasteiger partial charge < -0.3 is 18.6 Å². The van der Waals surface area contributed by atoms with Crippen LogP contribution in [0.15, 0.2) is 39.6 Å². The number of hydrogen-bond acceptors (Lipinski definition) is 9. The van der Waals surface area contributed by atoms with Crippen LogP contribution in [0.2, 0.25) is 0 Å². The third kappa shape index (κ3) is 3.45. The average Bonchev–Trinajstić information content (AvgIpc) is 3.34. The lowest BCUT2D eigenvalue weighted by Gasteiger charge is -2.33. The first-order chi connectivity index (χ1) is 12.3. The normalized spacial score (nSPS) is 15.5. The predicted molar refractivity (Wildman–Crippen MR) is 88.1 cm³/mol. The van der Waals surface area contributed by atoms with Crippen LogP contribution in [0.25, 0.3) is 11.6 Å². The summed E-state index contributed by atoms with van der Waals surface area (Å²) in [4.78, 5) is 17.5. The summed E-state index contributed by atoms with van der Waals surface area (Å²) in [6, 6.07) is 5.35. The molecule has 0 aromatic carbocycles. The minimum absolute atomic E-state index is 0.475. The Kier molecular flexibility index (Phi) is 4.30. The highest BCUT2D eigenvalue weighted by Gasteiger charge is 2.21. The van der Waals surface area contributed by atoms with Gasteiger partial charge in [0.2, 0.25) is 23.5 Å². The fraction of sp³-hybridized carbons (Fsp3) is 0.375. The highest BCUT2D eigenvalue weighted by atomic mass is 16.5. The van der Waals surface area contributed by atoms with Crippen LogP contribution < -0.4 is 9.64 Å². The number of aromatic nitrogens is 4. The number of furan rings is 1. The van der Waals surface area contributed by atoms with Crippen molar-refractivity contribution in [2.24, 2.45) is 0 Å². The van der Waals surface area contributed by atoms with Gasteiger partial charge in [-0.1, -0.05) is 5.16 Å². The molecule has 9 heteroatoms. The number of rotatable bonds is 5. The molecule has 1 fully saturated rings. The number of piperazine rings is 1. The Morgan fingerprint density at radius 1 is 1.16 bits per heavy atom. The first-order valence-corrected chi connectivity index (χ1v) is 8.02. The van der Waals surface area contributed by atoms with Gasteiger partial charge in [0, 0.05) is 38.4 Å². The Hall–Kier alpha value is -2.94. The molecule has 0 unspecified atom stereocenters. The molecule has 25 heavy (non-hydrogen) atoms. The molecule has 0 aliphatic carbocycles. The lowest BCUT2D eigenvalue weighted by atomic mass is 10.3. The first-order valence-electron chi connectivity index (χ1n) is 8.02. The van der Waals surface area contributed by atoms with Crippen LogP contribution in [-0.4, -0.2) is 58.3 Å². The summed E-state index contributed by atoms with van der Waals surface area (Å²) in [6.45, 7) is 3.98. The molecular weight excluding hydrogens is 324 g/mol. The van der Waals surface area contributed by atoms with Crippen molar-refractivity contribution < 1.29 is 13.7 Å². The maximum atomic E-state index is 5.32. The Bertz CT molecular complexity index is 811. The summed E-state index contributed by atoms with van der Waals surface area (Å²) in [5.74, 6) is 2.93. The first kappa shape index (κ1) is 15.6. The molecule has 3 aromatic rings. The molecule has 1 aliphatic heterocycles. The molecular formula is C16H18N6O3. The van der Waals surface area contributed by atoms with Crippen LogP contribution in [0.1, 0.15) is 5.89 Å². The molecule has 0 radical (unpaired) electrons. The molecule has 0 amide bonds. The van der Waals surface area contributed by atoms with Gasteiger partial charge in [-0.2, -0.15) is 9.97 Å². The quantitative estimate of drug-likeness (QED) is 0.683. The van der Waals surface area contributed by atoms with E-state index in [9.17, 15) is 0 Å². The van der Waals surface area contributed by atoms with E-state index in [0.717, 1.165) is 26.2 Å². The maximum Gasteiger partial charge on any atom is 0.241 e. The summed E-state index contributed by atoms with van der Waals surface area (Å²) in [5, 5.41) is 3.95. The lowest BCUT2D eigenvalue weighted by molar-refractivity contribution is 0.214. The van der Waals surface area contributed by atoms with Crippen LogP contribution >= 0.6 is 0 Å². The highest BCUT2D eigenvalue weighted by molar-refractivity contribution is 5.44. The summed E-state index contributed by atoms with van der Waals surface area (Å²) in [6.07, 6.45) is 3.30. The van der Waals surface area contributed by atoms with Crippen molar-refractivity contribution in [1.29, 1.82) is 0 Å². The zero-order valence-electron chi connectivity index (χ0n) is 13.8. The average molecular weight is 342 g/mol. The van der Waals surface area contributed by atoms with Crippen LogP contribution in [0.5, 0.6) is 5.88 Å². The minimum Gasteiger partial charge on any atom is -0.481 e. The van der Waals surface area contributed by atoms with Crippen molar-refractivity contribution in [3.8, 4) is 17.5 Å². The molecule has 3 aromatic heterocycles. The Morgan fingerprint density at radius 2 is 2.04 bits per heavy atom. The number of ether oxygens (including phenoxy) is 1. The Labute approximate surface area is 144 Å². The van der Waals surface area contributed by atoms with Crippen molar-refractivity contribution in [1.82, 2.24) is 25.0 Å². The monoisotopic (exact) mass is 342 g/mol. The molecule has 1 aliphatic rings. The van der Waals surface area contributed by atoms with E-state index in [1.807, 2.05) is 6.07 Å². The molecule has 0 N–H and O–H groups in total. The standard InChI is InChI=1S/C16H18N6O3/c1-23-13-4-5-17-16(19-13)22-8-6-21(7-9-22)11-14-18-15(20-25-14)12-3-2-10-24-12/h2-5,10H,6-9,11H2,1H3.